The molecule has 1 aromatic heterocycles. The summed E-state index contributed by atoms with van der Waals surface area (Å²) in [6.07, 6.45) is 1.52. The highest BCUT2D eigenvalue weighted by atomic mass is 16.2. The van der Waals surface area contributed by atoms with Crippen LogP contribution in [-0.4, -0.2) is 33.7 Å². The second-order valence-corrected chi connectivity index (χ2v) is 4.04. The second-order valence-electron chi connectivity index (χ2n) is 4.04. The monoisotopic (exact) mass is 236 g/mol. The van der Waals surface area contributed by atoms with Gasteiger partial charge < -0.3 is 10.6 Å². The number of rotatable bonds is 5. The van der Waals surface area contributed by atoms with E-state index in [1.165, 1.54) is 6.20 Å². The Bertz CT molecular complexity index is 422. The SMILES string of the molecule is C=C(C)CN(CC)C(=O)c1c(N)cnn1CC. The average molecular weight is 236 g/mol. The van der Waals surface area contributed by atoms with Crippen molar-refractivity contribution in [2.75, 3.05) is 18.8 Å². The van der Waals surface area contributed by atoms with Crippen LogP contribution < -0.4 is 5.73 Å². The fraction of sp³-hybridized carbons (Fsp3) is 0.500. The van der Waals surface area contributed by atoms with Crippen LogP contribution in [0.1, 0.15) is 31.3 Å². The molecule has 17 heavy (non-hydrogen) atoms. The molecular formula is C12H20N4O. The number of carbonyl (C=O) groups excluding carboxylic acids is 1. The number of carbonyl (C=O) groups is 1. The Hall–Kier alpha value is -1.78. The number of amides is 1. The number of aromatic nitrogens is 2. The molecule has 0 saturated heterocycles. The molecule has 0 atom stereocenters. The molecule has 0 aliphatic heterocycles. The van der Waals surface area contributed by atoms with Crippen molar-refractivity contribution in [1.82, 2.24) is 14.7 Å². The minimum Gasteiger partial charge on any atom is -0.396 e. The lowest BCUT2D eigenvalue weighted by Crippen LogP contribution is -2.34. The number of nitrogen functional groups attached to an aromatic ring is 1. The maximum atomic E-state index is 12.3. The standard InChI is InChI=1S/C12H20N4O/c1-5-15(8-9(3)4)12(17)11-10(13)7-14-16(11)6-2/h7H,3,5-6,8,13H2,1-2,4H3. The van der Waals surface area contributed by atoms with Crippen molar-refractivity contribution in [2.45, 2.75) is 27.3 Å². The summed E-state index contributed by atoms with van der Waals surface area (Å²) in [6.45, 7) is 11.4. The normalized spacial score (nSPS) is 10.3. The molecule has 1 rings (SSSR count). The molecule has 0 saturated carbocycles. The fourth-order valence-electron chi connectivity index (χ4n) is 1.68. The zero-order valence-electron chi connectivity index (χ0n) is 10.7. The van der Waals surface area contributed by atoms with Gasteiger partial charge in [0.2, 0.25) is 0 Å². The second kappa shape index (κ2) is 5.52. The van der Waals surface area contributed by atoms with Gasteiger partial charge in [0.05, 0.1) is 11.9 Å². The number of nitrogens with zero attached hydrogens (tertiary/aromatic N) is 3. The Kier molecular flexibility index (Phi) is 4.31. The van der Waals surface area contributed by atoms with E-state index in [-0.39, 0.29) is 5.91 Å². The molecule has 0 bridgehead atoms. The lowest BCUT2D eigenvalue weighted by molar-refractivity contribution is 0.0767. The molecule has 0 aliphatic carbocycles. The minimum absolute atomic E-state index is 0.0904. The Morgan fingerprint density at radius 3 is 2.71 bits per heavy atom. The van der Waals surface area contributed by atoms with E-state index in [0.29, 0.717) is 31.0 Å². The number of hydrogen-bond donors (Lipinski definition) is 1. The highest BCUT2D eigenvalue weighted by Crippen LogP contribution is 2.14. The van der Waals surface area contributed by atoms with Crippen molar-refractivity contribution in [3.05, 3.63) is 24.0 Å². The van der Waals surface area contributed by atoms with Gasteiger partial charge in [-0.25, -0.2) is 0 Å². The first-order valence-corrected chi connectivity index (χ1v) is 5.76. The highest BCUT2D eigenvalue weighted by molar-refractivity contribution is 5.97. The van der Waals surface area contributed by atoms with E-state index in [9.17, 15) is 4.79 Å². The van der Waals surface area contributed by atoms with Crippen LogP contribution >= 0.6 is 0 Å². The quantitative estimate of drug-likeness (QED) is 0.788. The Morgan fingerprint density at radius 2 is 2.24 bits per heavy atom. The Morgan fingerprint density at radius 1 is 1.59 bits per heavy atom. The van der Waals surface area contributed by atoms with Crippen molar-refractivity contribution in [3.8, 4) is 0 Å². The first-order valence-electron chi connectivity index (χ1n) is 5.76. The zero-order chi connectivity index (χ0) is 13.0. The van der Waals surface area contributed by atoms with Gasteiger partial charge in [-0.2, -0.15) is 5.10 Å². The Balaban J connectivity index is 3.00. The van der Waals surface area contributed by atoms with Crippen LogP contribution in [0.4, 0.5) is 5.69 Å². The molecular weight excluding hydrogens is 216 g/mol. The lowest BCUT2D eigenvalue weighted by Gasteiger charge is -2.21. The van der Waals surface area contributed by atoms with Gasteiger partial charge in [0, 0.05) is 19.6 Å². The fourth-order valence-corrected chi connectivity index (χ4v) is 1.68. The van der Waals surface area contributed by atoms with E-state index in [4.69, 9.17) is 5.73 Å². The van der Waals surface area contributed by atoms with E-state index >= 15 is 0 Å². The van der Waals surface area contributed by atoms with Gasteiger partial charge in [-0.05, 0) is 20.8 Å². The van der Waals surface area contributed by atoms with Gasteiger partial charge in [-0.1, -0.05) is 12.2 Å². The predicted octanol–water partition coefficient (Wildman–Crippen LogP) is 1.52. The smallest absolute Gasteiger partial charge is 0.274 e. The van der Waals surface area contributed by atoms with Crippen molar-refractivity contribution in [1.29, 1.82) is 0 Å². The van der Waals surface area contributed by atoms with E-state index in [2.05, 4.69) is 11.7 Å². The van der Waals surface area contributed by atoms with Gasteiger partial charge in [-0.15, -0.1) is 0 Å². The van der Waals surface area contributed by atoms with Gasteiger partial charge in [0.1, 0.15) is 5.69 Å². The maximum absolute atomic E-state index is 12.3. The van der Waals surface area contributed by atoms with Crippen molar-refractivity contribution in [2.24, 2.45) is 0 Å². The molecule has 0 aliphatic rings. The predicted molar refractivity (Wildman–Crippen MR) is 68.7 cm³/mol. The largest absolute Gasteiger partial charge is 0.396 e. The van der Waals surface area contributed by atoms with Crippen LogP contribution in [0.25, 0.3) is 0 Å². The topological polar surface area (TPSA) is 64.2 Å². The summed E-state index contributed by atoms with van der Waals surface area (Å²) in [5, 5.41) is 4.07. The number of aryl methyl sites for hydroxylation is 1. The third-order valence-electron chi connectivity index (χ3n) is 2.50. The highest BCUT2D eigenvalue weighted by Gasteiger charge is 2.21. The molecule has 1 heterocycles. The van der Waals surface area contributed by atoms with Gasteiger partial charge >= 0.3 is 0 Å². The van der Waals surface area contributed by atoms with Crippen LogP contribution in [0.2, 0.25) is 0 Å². The summed E-state index contributed by atoms with van der Waals surface area (Å²) < 4.78 is 1.62. The summed E-state index contributed by atoms with van der Waals surface area (Å²) in [6, 6.07) is 0. The molecule has 2 N–H and O–H groups in total. The van der Waals surface area contributed by atoms with Crippen LogP contribution in [0.5, 0.6) is 0 Å². The van der Waals surface area contributed by atoms with E-state index in [1.807, 2.05) is 20.8 Å². The summed E-state index contributed by atoms with van der Waals surface area (Å²) in [5.74, 6) is -0.0904. The first-order chi connectivity index (χ1) is 8.01. The van der Waals surface area contributed by atoms with Crippen molar-refractivity contribution < 1.29 is 4.79 Å². The Labute approximate surface area is 102 Å². The first kappa shape index (κ1) is 13.3. The molecule has 0 aromatic carbocycles. The zero-order valence-corrected chi connectivity index (χ0v) is 10.7. The molecule has 0 fully saturated rings. The minimum atomic E-state index is -0.0904. The molecule has 0 spiro atoms. The number of nitrogens with two attached hydrogens (primary N) is 1. The van der Waals surface area contributed by atoms with Crippen molar-refractivity contribution >= 4 is 11.6 Å². The average Bonchev–Trinajstić information content (AvgIpc) is 2.66. The molecule has 1 amide bonds. The van der Waals surface area contributed by atoms with Crippen LogP contribution in [0.3, 0.4) is 0 Å². The van der Waals surface area contributed by atoms with E-state index in [0.717, 1.165) is 5.57 Å². The third-order valence-corrected chi connectivity index (χ3v) is 2.50. The number of hydrogen-bond acceptors (Lipinski definition) is 3. The molecule has 0 unspecified atom stereocenters. The van der Waals surface area contributed by atoms with Gasteiger partial charge in [0.15, 0.2) is 0 Å². The summed E-state index contributed by atoms with van der Waals surface area (Å²) in [4.78, 5) is 14.0. The molecule has 5 nitrogen and oxygen atoms in total. The molecule has 0 radical (unpaired) electrons. The number of likely N-dealkylation sites (N-methyl/N-ethyl adjacent to an activating group) is 1. The van der Waals surface area contributed by atoms with Crippen LogP contribution in [-0.2, 0) is 6.54 Å². The number of anilines is 1. The molecule has 94 valence electrons. The lowest BCUT2D eigenvalue weighted by atomic mass is 10.2. The summed E-state index contributed by atoms with van der Waals surface area (Å²) in [5.41, 5.74) is 7.63. The third kappa shape index (κ3) is 2.87. The molecule has 1 aromatic rings. The maximum Gasteiger partial charge on any atom is 0.274 e. The van der Waals surface area contributed by atoms with Gasteiger partial charge in [-0.3, -0.25) is 9.48 Å². The van der Waals surface area contributed by atoms with E-state index in [1.54, 1.807) is 9.58 Å². The van der Waals surface area contributed by atoms with E-state index < -0.39 is 0 Å². The van der Waals surface area contributed by atoms with Gasteiger partial charge in [0.25, 0.3) is 5.91 Å². The summed E-state index contributed by atoms with van der Waals surface area (Å²) in [7, 11) is 0. The van der Waals surface area contributed by atoms with Crippen LogP contribution in [0.15, 0.2) is 18.3 Å². The summed E-state index contributed by atoms with van der Waals surface area (Å²) >= 11 is 0. The van der Waals surface area contributed by atoms with Crippen LogP contribution in [0, 0.1) is 0 Å². The molecule has 5 heteroatoms. The van der Waals surface area contributed by atoms with Crippen molar-refractivity contribution in [3.63, 3.8) is 0 Å².